The first-order valence-corrected chi connectivity index (χ1v) is 11.0. The molecule has 154 valence electrons. The number of pyridine rings is 1. The summed E-state index contributed by atoms with van der Waals surface area (Å²) in [6.07, 6.45) is 7.94. The number of rotatable bonds is 6. The monoisotopic (exact) mass is 421 g/mol. The maximum atomic E-state index is 12.9. The van der Waals surface area contributed by atoms with Crippen LogP contribution in [0.4, 0.5) is 0 Å². The van der Waals surface area contributed by atoms with Crippen LogP contribution in [0.3, 0.4) is 0 Å². The molecule has 1 atom stereocenters. The number of nitrogens with one attached hydrogen (secondary N) is 1. The minimum absolute atomic E-state index is 0.0853. The van der Waals surface area contributed by atoms with Crippen molar-refractivity contribution in [2.75, 3.05) is 13.2 Å². The molecule has 1 unspecified atom stereocenters. The Morgan fingerprint density at radius 2 is 2.33 bits per heavy atom. The lowest BCUT2D eigenvalue weighted by Crippen LogP contribution is -2.31. The van der Waals surface area contributed by atoms with Gasteiger partial charge in [0.2, 0.25) is 0 Å². The van der Waals surface area contributed by atoms with E-state index in [-0.39, 0.29) is 12.0 Å². The van der Waals surface area contributed by atoms with Crippen LogP contribution in [0.2, 0.25) is 0 Å². The number of hydrogen-bond donors (Lipinski definition) is 1. The van der Waals surface area contributed by atoms with E-state index in [1.54, 1.807) is 11.3 Å². The van der Waals surface area contributed by atoms with Crippen molar-refractivity contribution in [2.45, 2.75) is 32.4 Å². The Hall–Kier alpha value is -2.97. The fourth-order valence-corrected chi connectivity index (χ4v) is 4.49. The van der Waals surface area contributed by atoms with Gasteiger partial charge in [-0.1, -0.05) is 6.07 Å². The predicted octanol–water partition coefficient (Wildman–Crippen LogP) is 3.52. The SMILES string of the molecule is Cc1nc(Cn2cnc(-c3cc(C(=O)NCC4CCCO4)c4ccccn34)c2)cs1. The quantitative estimate of drug-likeness (QED) is 0.517. The van der Waals surface area contributed by atoms with Gasteiger partial charge in [-0.25, -0.2) is 9.97 Å². The van der Waals surface area contributed by atoms with E-state index in [4.69, 9.17) is 4.74 Å². The summed E-state index contributed by atoms with van der Waals surface area (Å²) >= 11 is 1.65. The van der Waals surface area contributed by atoms with Crippen LogP contribution in [0, 0.1) is 6.92 Å². The Morgan fingerprint density at radius 1 is 1.40 bits per heavy atom. The van der Waals surface area contributed by atoms with E-state index in [0.29, 0.717) is 18.7 Å². The Labute approximate surface area is 178 Å². The molecule has 0 bridgehead atoms. The van der Waals surface area contributed by atoms with Gasteiger partial charge in [-0.15, -0.1) is 11.3 Å². The third-order valence-electron chi connectivity index (χ3n) is 5.34. The number of carbonyl (C=O) groups excluding carboxylic acids is 1. The molecule has 0 aliphatic carbocycles. The molecule has 0 saturated carbocycles. The van der Waals surface area contributed by atoms with Gasteiger partial charge in [-0.3, -0.25) is 4.79 Å². The summed E-state index contributed by atoms with van der Waals surface area (Å²) in [5.74, 6) is -0.0853. The van der Waals surface area contributed by atoms with Crippen molar-refractivity contribution in [3.05, 3.63) is 64.6 Å². The highest BCUT2D eigenvalue weighted by Gasteiger charge is 2.20. The summed E-state index contributed by atoms with van der Waals surface area (Å²) in [6, 6.07) is 7.78. The summed E-state index contributed by atoms with van der Waals surface area (Å²) in [5.41, 5.74) is 4.24. The molecule has 1 aliphatic rings. The number of nitrogens with zero attached hydrogens (tertiary/aromatic N) is 4. The van der Waals surface area contributed by atoms with Crippen LogP contribution in [0.5, 0.6) is 0 Å². The molecule has 5 heterocycles. The number of fused-ring (bicyclic) bond motifs is 1. The van der Waals surface area contributed by atoms with Crippen LogP contribution in [-0.4, -0.2) is 44.1 Å². The molecule has 5 rings (SSSR count). The van der Waals surface area contributed by atoms with Gasteiger partial charge in [-0.05, 0) is 38.0 Å². The number of carbonyl (C=O) groups is 1. The van der Waals surface area contributed by atoms with E-state index in [9.17, 15) is 4.79 Å². The average molecular weight is 422 g/mol. The number of imidazole rings is 1. The number of hydrogen-bond acceptors (Lipinski definition) is 5. The minimum Gasteiger partial charge on any atom is -0.376 e. The Bertz CT molecular complexity index is 1190. The van der Waals surface area contributed by atoms with E-state index in [1.165, 1.54) is 0 Å². The topological polar surface area (TPSA) is 73.5 Å². The number of thiazole rings is 1. The predicted molar refractivity (Wildman–Crippen MR) is 116 cm³/mol. The molecule has 4 aromatic rings. The fourth-order valence-electron chi connectivity index (χ4n) is 3.89. The van der Waals surface area contributed by atoms with Crippen molar-refractivity contribution in [2.24, 2.45) is 0 Å². The molecule has 7 nitrogen and oxygen atoms in total. The van der Waals surface area contributed by atoms with Gasteiger partial charge in [0.15, 0.2) is 0 Å². The zero-order chi connectivity index (χ0) is 20.5. The summed E-state index contributed by atoms with van der Waals surface area (Å²) in [6.45, 7) is 4.00. The van der Waals surface area contributed by atoms with E-state index >= 15 is 0 Å². The van der Waals surface area contributed by atoms with Crippen molar-refractivity contribution >= 4 is 22.8 Å². The summed E-state index contributed by atoms with van der Waals surface area (Å²) in [4.78, 5) is 22.0. The summed E-state index contributed by atoms with van der Waals surface area (Å²) in [5, 5.41) is 6.15. The normalized spacial score (nSPS) is 16.4. The number of aromatic nitrogens is 4. The molecule has 0 aromatic carbocycles. The first-order valence-electron chi connectivity index (χ1n) is 10.1. The maximum Gasteiger partial charge on any atom is 0.253 e. The van der Waals surface area contributed by atoms with Crippen LogP contribution in [0.1, 0.15) is 33.9 Å². The molecule has 1 aliphatic heterocycles. The molecule has 1 N–H and O–H groups in total. The highest BCUT2D eigenvalue weighted by atomic mass is 32.1. The van der Waals surface area contributed by atoms with Gasteiger partial charge in [-0.2, -0.15) is 0 Å². The maximum absolute atomic E-state index is 12.9. The van der Waals surface area contributed by atoms with E-state index < -0.39 is 0 Å². The molecule has 1 saturated heterocycles. The second-order valence-electron chi connectivity index (χ2n) is 7.53. The Balaban J connectivity index is 1.41. The molecule has 1 amide bonds. The first kappa shape index (κ1) is 19.0. The molecular weight excluding hydrogens is 398 g/mol. The van der Waals surface area contributed by atoms with Gasteiger partial charge in [0.1, 0.15) is 5.69 Å². The van der Waals surface area contributed by atoms with Crippen LogP contribution in [0.25, 0.3) is 16.9 Å². The lowest BCUT2D eigenvalue weighted by atomic mass is 10.2. The summed E-state index contributed by atoms with van der Waals surface area (Å²) in [7, 11) is 0. The lowest BCUT2D eigenvalue weighted by molar-refractivity contribution is 0.0859. The van der Waals surface area contributed by atoms with Crippen LogP contribution in [-0.2, 0) is 11.3 Å². The third kappa shape index (κ3) is 3.76. The molecule has 8 heteroatoms. The Kier molecular flexibility index (Phi) is 5.10. The van der Waals surface area contributed by atoms with E-state index in [2.05, 4.69) is 20.7 Å². The van der Waals surface area contributed by atoms with Gasteiger partial charge in [0, 0.05) is 30.9 Å². The first-order chi connectivity index (χ1) is 14.7. The van der Waals surface area contributed by atoms with Gasteiger partial charge >= 0.3 is 0 Å². The summed E-state index contributed by atoms with van der Waals surface area (Å²) < 4.78 is 9.65. The fraction of sp³-hybridized carbons (Fsp3) is 0.318. The second kappa shape index (κ2) is 8.04. The van der Waals surface area contributed by atoms with Crippen molar-refractivity contribution in [1.82, 2.24) is 24.3 Å². The average Bonchev–Trinajstić information content (AvgIpc) is 3.54. The molecule has 0 spiro atoms. The zero-order valence-electron chi connectivity index (χ0n) is 16.7. The second-order valence-corrected chi connectivity index (χ2v) is 8.60. The molecular formula is C22H23N5O2S. The standard InChI is InChI=1S/C22H23N5O2S/c1-15-25-16(13-30-15)11-26-12-19(24-14-26)21-9-18(20-6-2-3-7-27(20)21)22(28)23-10-17-5-4-8-29-17/h2-3,6-7,9,12-14,17H,4-5,8,10-11H2,1H3,(H,23,28). The number of ether oxygens (including phenoxy) is 1. The Morgan fingerprint density at radius 3 is 3.13 bits per heavy atom. The molecule has 0 radical (unpaired) electrons. The molecule has 30 heavy (non-hydrogen) atoms. The van der Waals surface area contributed by atoms with Crippen molar-refractivity contribution < 1.29 is 9.53 Å². The van der Waals surface area contributed by atoms with E-state index in [0.717, 1.165) is 47.1 Å². The van der Waals surface area contributed by atoms with Crippen LogP contribution >= 0.6 is 11.3 Å². The smallest absolute Gasteiger partial charge is 0.253 e. The van der Waals surface area contributed by atoms with Gasteiger partial charge in [0.05, 0.1) is 46.5 Å². The number of amides is 1. The van der Waals surface area contributed by atoms with Crippen molar-refractivity contribution in [3.63, 3.8) is 0 Å². The van der Waals surface area contributed by atoms with Crippen molar-refractivity contribution in [1.29, 1.82) is 0 Å². The van der Waals surface area contributed by atoms with Crippen LogP contribution < -0.4 is 5.32 Å². The zero-order valence-corrected chi connectivity index (χ0v) is 17.6. The number of aryl methyl sites for hydroxylation is 1. The van der Waals surface area contributed by atoms with Crippen LogP contribution in [0.15, 0.2) is 48.4 Å². The van der Waals surface area contributed by atoms with Gasteiger partial charge in [0.25, 0.3) is 5.91 Å². The molecule has 4 aromatic heterocycles. The highest BCUT2D eigenvalue weighted by Crippen LogP contribution is 2.25. The molecule has 1 fully saturated rings. The van der Waals surface area contributed by atoms with E-state index in [1.807, 2.05) is 58.9 Å². The minimum atomic E-state index is -0.0853. The third-order valence-corrected chi connectivity index (χ3v) is 6.16. The highest BCUT2D eigenvalue weighted by molar-refractivity contribution is 7.09. The largest absolute Gasteiger partial charge is 0.376 e. The van der Waals surface area contributed by atoms with Gasteiger partial charge < -0.3 is 19.0 Å². The lowest BCUT2D eigenvalue weighted by Gasteiger charge is -2.10. The van der Waals surface area contributed by atoms with Crippen molar-refractivity contribution in [3.8, 4) is 11.4 Å².